The number of amides is 1. The average Bonchev–Trinajstić information content (AvgIpc) is 3.10. The van der Waals surface area contributed by atoms with E-state index in [9.17, 15) is 4.79 Å². The quantitative estimate of drug-likeness (QED) is 0.595. The van der Waals surface area contributed by atoms with Crippen LogP contribution in [0.4, 0.5) is 0 Å². The van der Waals surface area contributed by atoms with Gasteiger partial charge in [0, 0.05) is 18.0 Å². The summed E-state index contributed by atoms with van der Waals surface area (Å²) in [5.41, 5.74) is 2.21. The molecule has 0 bridgehead atoms. The number of hydrogen-bond acceptors (Lipinski definition) is 3. The Hall–Kier alpha value is -3.60. The van der Waals surface area contributed by atoms with Crippen molar-refractivity contribution in [1.29, 1.82) is 0 Å². The fraction of sp³-hybridized carbons (Fsp3) is 0.0476. The van der Waals surface area contributed by atoms with E-state index in [-0.39, 0.29) is 5.91 Å². The van der Waals surface area contributed by atoms with E-state index in [2.05, 4.69) is 10.3 Å². The molecule has 5 heteroatoms. The Morgan fingerprint density at radius 3 is 2.62 bits per heavy atom. The number of ether oxygens (including phenoxy) is 1. The monoisotopic (exact) mass is 343 g/mol. The zero-order valence-corrected chi connectivity index (χ0v) is 14.0. The predicted molar refractivity (Wildman–Crippen MR) is 99.3 cm³/mol. The van der Waals surface area contributed by atoms with Crippen molar-refractivity contribution in [2.24, 2.45) is 0 Å². The second-order valence-corrected chi connectivity index (χ2v) is 5.82. The molecule has 0 radical (unpaired) electrons. The maximum atomic E-state index is 12.4. The molecule has 1 amide bonds. The first-order valence-electron chi connectivity index (χ1n) is 8.32. The molecule has 0 spiro atoms. The summed E-state index contributed by atoms with van der Waals surface area (Å²) in [4.78, 5) is 16.9. The largest absolute Gasteiger partial charge is 0.457 e. The lowest BCUT2D eigenvalue weighted by atomic mass is 10.2. The van der Waals surface area contributed by atoms with E-state index >= 15 is 0 Å². The van der Waals surface area contributed by atoms with Crippen molar-refractivity contribution in [1.82, 2.24) is 14.7 Å². The molecule has 1 N–H and O–H groups in total. The highest BCUT2D eigenvalue weighted by molar-refractivity contribution is 5.94. The van der Waals surface area contributed by atoms with E-state index in [1.807, 2.05) is 71.4 Å². The highest BCUT2D eigenvalue weighted by Gasteiger charge is 2.08. The number of nitrogens with zero attached hydrogens (tertiary/aromatic N) is 2. The van der Waals surface area contributed by atoms with E-state index < -0.39 is 0 Å². The van der Waals surface area contributed by atoms with E-state index in [0.29, 0.717) is 17.9 Å². The third-order valence-corrected chi connectivity index (χ3v) is 3.92. The molecule has 0 fully saturated rings. The van der Waals surface area contributed by atoms with E-state index in [1.165, 1.54) is 0 Å². The van der Waals surface area contributed by atoms with Gasteiger partial charge in [0.1, 0.15) is 17.1 Å². The van der Waals surface area contributed by atoms with Crippen molar-refractivity contribution in [3.05, 3.63) is 96.4 Å². The standard InChI is InChI=1S/C21H17N3O2/c25-21(22-14-17-15-24-12-5-4-11-20(24)23-17)16-7-6-10-19(13-16)26-18-8-2-1-3-9-18/h1-13,15H,14H2,(H,22,25). The van der Waals surface area contributed by atoms with Crippen molar-refractivity contribution in [3.63, 3.8) is 0 Å². The Bertz CT molecular complexity index is 1010. The summed E-state index contributed by atoms with van der Waals surface area (Å²) >= 11 is 0. The number of imidazole rings is 1. The number of carbonyl (C=O) groups excluding carboxylic acids is 1. The van der Waals surface area contributed by atoms with Crippen LogP contribution in [-0.2, 0) is 6.54 Å². The van der Waals surface area contributed by atoms with E-state index in [0.717, 1.165) is 17.1 Å². The van der Waals surface area contributed by atoms with Gasteiger partial charge in [0.05, 0.1) is 12.2 Å². The Labute approximate surface area is 150 Å². The number of rotatable bonds is 5. The van der Waals surface area contributed by atoms with Gasteiger partial charge in [-0.15, -0.1) is 0 Å². The van der Waals surface area contributed by atoms with Gasteiger partial charge in [-0.05, 0) is 42.5 Å². The molecule has 2 aromatic heterocycles. The van der Waals surface area contributed by atoms with Crippen molar-refractivity contribution >= 4 is 11.6 Å². The predicted octanol–water partition coefficient (Wildman–Crippen LogP) is 4.06. The molecule has 0 aliphatic heterocycles. The number of hydrogen-bond donors (Lipinski definition) is 1. The number of nitrogens with one attached hydrogen (secondary N) is 1. The number of carbonyl (C=O) groups is 1. The minimum Gasteiger partial charge on any atom is -0.457 e. The third kappa shape index (κ3) is 3.57. The molecule has 0 aliphatic rings. The van der Waals surface area contributed by atoms with Crippen molar-refractivity contribution < 1.29 is 9.53 Å². The fourth-order valence-corrected chi connectivity index (χ4v) is 2.67. The number of benzene rings is 2. The number of pyridine rings is 1. The number of aromatic nitrogens is 2. The van der Waals surface area contributed by atoms with Crippen LogP contribution in [0, 0.1) is 0 Å². The maximum absolute atomic E-state index is 12.4. The van der Waals surface area contributed by atoms with Crippen LogP contribution >= 0.6 is 0 Å². The van der Waals surface area contributed by atoms with Crippen LogP contribution in [0.3, 0.4) is 0 Å². The van der Waals surface area contributed by atoms with Crippen LogP contribution < -0.4 is 10.1 Å². The van der Waals surface area contributed by atoms with Crippen LogP contribution in [0.1, 0.15) is 16.1 Å². The lowest BCUT2D eigenvalue weighted by Crippen LogP contribution is -2.22. The molecule has 2 heterocycles. The molecular formula is C21H17N3O2. The van der Waals surface area contributed by atoms with E-state index in [4.69, 9.17) is 4.74 Å². The van der Waals surface area contributed by atoms with Crippen molar-refractivity contribution in [3.8, 4) is 11.5 Å². The van der Waals surface area contributed by atoms with Gasteiger partial charge in [0.15, 0.2) is 0 Å². The molecule has 0 aliphatic carbocycles. The van der Waals surface area contributed by atoms with Gasteiger partial charge < -0.3 is 14.5 Å². The first kappa shape index (κ1) is 15.9. The number of para-hydroxylation sites is 1. The molecule has 4 rings (SSSR count). The molecule has 26 heavy (non-hydrogen) atoms. The van der Waals surface area contributed by atoms with Crippen LogP contribution in [-0.4, -0.2) is 15.3 Å². The van der Waals surface area contributed by atoms with Crippen LogP contribution in [0.15, 0.2) is 85.2 Å². The zero-order valence-electron chi connectivity index (χ0n) is 14.0. The van der Waals surface area contributed by atoms with Crippen LogP contribution in [0.2, 0.25) is 0 Å². The molecule has 4 aromatic rings. The Kier molecular flexibility index (Phi) is 4.35. The fourth-order valence-electron chi connectivity index (χ4n) is 2.67. The van der Waals surface area contributed by atoms with Crippen molar-refractivity contribution in [2.45, 2.75) is 6.54 Å². The van der Waals surface area contributed by atoms with Gasteiger partial charge in [-0.2, -0.15) is 0 Å². The van der Waals surface area contributed by atoms with Gasteiger partial charge in [-0.25, -0.2) is 4.98 Å². The molecule has 0 atom stereocenters. The highest BCUT2D eigenvalue weighted by atomic mass is 16.5. The minimum atomic E-state index is -0.166. The lowest BCUT2D eigenvalue weighted by molar-refractivity contribution is 0.0950. The highest BCUT2D eigenvalue weighted by Crippen LogP contribution is 2.21. The topological polar surface area (TPSA) is 55.6 Å². The molecule has 0 saturated heterocycles. The summed E-state index contributed by atoms with van der Waals surface area (Å²) in [7, 11) is 0. The van der Waals surface area contributed by atoms with E-state index in [1.54, 1.807) is 18.2 Å². The molecule has 5 nitrogen and oxygen atoms in total. The average molecular weight is 343 g/mol. The zero-order chi connectivity index (χ0) is 17.8. The molecule has 2 aromatic carbocycles. The SMILES string of the molecule is O=C(NCc1cn2ccccc2n1)c1cccc(Oc2ccccc2)c1. The normalized spacial score (nSPS) is 10.6. The summed E-state index contributed by atoms with van der Waals surface area (Å²) < 4.78 is 7.70. The molecule has 0 saturated carbocycles. The summed E-state index contributed by atoms with van der Waals surface area (Å²) in [6.45, 7) is 0.365. The summed E-state index contributed by atoms with van der Waals surface area (Å²) in [6, 6.07) is 22.4. The van der Waals surface area contributed by atoms with Gasteiger partial charge in [-0.3, -0.25) is 4.79 Å². The first-order chi connectivity index (χ1) is 12.8. The lowest BCUT2D eigenvalue weighted by Gasteiger charge is -2.08. The smallest absolute Gasteiger partial charge is 0.251 e. The van der Waals surface area contributed by atoms with Gasteiger partial charge in [0.2, 0.25) is 0 Å². The maximum Gasteiger partial charge on any atom is 0.251 e. The Morgan fingerprint density at radius 2 is 1.77 bits per heavy atom. The molecule has 0 unspecified atom stereocenters. The number of fused-ring (bicyclic) bond motifs is 1. The van der Waals surface area contributed by atoms with Crippen LogP contribution in [0.5, 0.6) is 11.5 Å². The Balaban J connectivity index is 1.43. The third-order valence-electron chi connectivity index (χ3n) is 3.92. The molecule has 128 valence electrons. The minimum absolute atomic E-state index is 0.166. The first-order valence-corrected chi connectivity index (χ1v) is 8.32. The van der Waals surface area contributed by atoms with Gasteiger partial charge in [-0.1, -0.05) is 30.3 Å². The van der Waals surface area contributed by atoms with Crippen molar-refractivity contribution in [2.75, 3.05) is 0 Å². The second-order valence-electron chi connectivity index (χ2n) is 5.82. The van der Waals surface area contributed by atoms with Gasteiger partial charge in [0.25, 0.3) is 5.91 Å². The summed E-state index contributed by atoms with van der Waals surface area (Å²) in [5, 5.41) is 2.90. The Morgan fingerprint density at radius 1 is 0.962 bits per heavy atom. The van der Waals surface area contributed by atoms with Gasteiger partial charge >= 0.3 is 0 Å². The summed E-state index contributed by atoms with van der Waals surface area (Å²) in [6.07, 6.45) is 3.84. The summed E-state index contributed by atoms with van der Waals surface area (Å²) in [5.74, 6) is 1.19. The molecular weight excluding hydrogens is 326 g/mol. The second kappa shape index (κ2) is 7.11. The van der Waals surface area contributed by atoms with Crippen LogP contribution in [0.25, 0.3) is 5.65 Å².